The van der Waals surface area contributed by atoms with Gasteiger partial charge in [-0.2, -0.15) is 0 Å². The predicted octanol–water partition coefficient (Wildman–Crippen LogP) is 5.22. The highest BCUT2D eigenvalue weighted by Crippen LogP contribution is 2.67. The van der Waals surface area contributed by atoms with Crippen molar-refractivity contribution in [2.45, 2.75) is 62.9 Å². The number of carbonyl (C=O) groups is 1. The molecule has 5 atom stereocenters. The Balaban J connectivity index is 1.44. The standard InChI is InChI=1S/C23H32O2S2/c1-21-9-10-23(26-11-12-27-23)13-15(21)3-4-16-17-5-6-19(20(25)14-24)22(17,2)8-7-18(16)21/h6,13,16-18,24H,3-5,7-12,14H2,1-2H3/t16-,17-,18-,21-,22-/m0/s1. The number of hydrogen-bond donors (Lipinski definition) is 1. The van der Waals surface area contributed by atoms with Gasteiger partial charge in [-0.25, -0.2) is 0 Å². The number of carbonyl (C=O) groups excluding carboxylic acids is 1. The molecule has 0 bridgehead atoms. The molecule has 2 nitrogen and oxygen atoms in total. The van der Waals surface area contributed by atoms with E-state index >= 15 is 0 Å². The van der Waals surface area contributed by atoms with Gasteiger partial charge in [-0.1, -0.05) is 31.6 Å². The minimum Gasteiger partial charge on any atom is -0.388 e. The third kappa shape index (κ3) is 2.61. The normalized spacial score (nSPS) is 44.9. The van der Waals surface area contributed by atoms with Crippen molar-refractivity contribution in [2.24, 2.45) is 28.6 Å². The molecule has 148 valence electrons. The van der Waals surface area contributed by atoms with Crippen molar-refractivity contribution in [1.82, 2.24) is 0 Å². The molecule has 5 aliphatic rings. The van der Waals surface area contributed by atoms with Crippen molar-refractivity contribution in [3.8, 4) is 0 Å². The molecular weight excluding hydrogens is 372 g/mol. The summed E-state index contributed by atoms with van der Waals surface area (Å²) in [6, 6.07) is 0. The number of rotatable bonds is 2. The number of aliphatic hydroxyl groups is 1. The zero-order valence-electron chi connectivity index (χ0n) is 16.6. The summed E-state index contributed by atoms with van der Waals surface area (Å²) in [5.74, 6) is 4.71. The van der Waals surface area contributed by atoms with Gasteiger partial charge in [-0.05, 0) is 79.1 Å². The number of hydrogen-bond acceptors (Lipinski definition) is 4. The van der Waals surface area contributed by atoms with Crippen LogP contribution >= 0.6 is 23.5 Å². The van der Waals surface area contributed by atoms with E-state index in [2.05, 4.69) is 49.5 Å². The van der Waals surface area contributed by atoms with E-state index in [9.17, 15) is 9.90 Å². The highest BCUT2D eigenvalue weighted by Gasteiger charge is 2.58. The molecule has 1 saturated heterocycles. The number of ketones is 1. The van der Waals surface area contributed by atoms with E-state index in [0.29, 0.717) is 15.4 Å². The maximum atomic E-state index is 12.3. The summed E-state index contributed by atoms with van der Waals surface area (Å²) in [6.07, 6.45) is 13.5. The lowest BCUT2D eigenvalue weighted by Crippen LogP contribution is -2.51. The molecule has 0 aromatic rings. The maximum absolute atomic E-state index is 12.3. The van der Waals surface area contributed by atoms with Crippen molar-refractivity contribution in [3.05, 3.63) is 23.3 Å². The first-order chi connectivity index (χ1) is 12.9. The second-order valence-electron chi connectivity index (χ2n) is 9.90. The van der Waals surface area contributed by atoms with Crippen LogP contribution in [0.1, 0.15) is 58.8 Å². The fourth-order valence-corrected chi connectivity index (χ4v) is 10.6. The van der Waals surface area contributed by atoms with Crippen LogP contribution in [0.15, 0.2) is 23.3 Å². The van der Waals surface area contributed by atoms with Crippen LogP contribution in [0.25, 0.3) is 0 Å². The van der Waals surface area contributed by atoms with E-state index in [1.807, 2.05) is 0 Å². The molecule has 2 saturated carbocycles. The Hall–Kier alpha value is -0.190. The Kier molecular flexibility index (Phi) is 4.46. The molecule has 0 aromatic heterocycles. The van der Waals surface area contributed by atoms with Crippen molar-refractivity contribution in [1.29, 1.82) is 0 Å². The monoisotopic (exact) mass is 404 g/mol. The van der Waals surface area contributed by atoms with Crippen LogP contribution in [0.5, 0.6) is 0 Å². The second kappa shape index (κ2) is 6.40. The van der Waals surface area contributed by atoms with Gasteiger partial charge in [-0.15, -0.1) is 23.5 Å². The maximum Gasteiger partial charge on any atom is 0.184 e. The molecule has 0 amide bonds. The van der Waals surface area contributed by atoms with Gasteiger partial charge in [0.1, 0.15) is 6.61 Å². The van der Waals surface area contributed by atoms with Gasteiger partial charge < -0.3 is 5.11 Å². The van der Waals surface area contributed by atoms with E-state index in [4.69, 9.17) is 0 Å². The van der Waals surface area contributed by atoms with Crippen LogP contribution in [0.2, 0.25) is 0 Å². The summed E-state index contributed by atoms with van der Waals surface area (Å²) in [5, 5.41) is 9.43. The van der Waals surface area contributed by atoms with E-state index in [1.54, 1.807) is 5.57 Å². The molecule has 0 unspecified atom stereocenters. The molecule has 1 spiro atoms. The fraction of sp³-hybridized carbons (Fsp3) is 0.783. The summed E-state index contributed by atoms with van der Waals surface area (Å²) in [6.45, 7) is 4.55. The molecule has 3 fully saturated rings. The smallest absolute Gasteiger partial charge is 0.184 e. The molecule has 1 aliphatic heterocycles. The van der Waals surface area contributed by atoms with Crippen molar-refractivity contribution in [3.63, 3.8) is 0 Å². The van der Waals surface area contributed by atoms with E-state index in [-0.39, 0.29) is 17.8 Å². The van der Waals surface area contributed by atoms with E-state index in [1.165, 1.54) is 43.6 Å². The SMILES string of the molecule is C[C@]12CCC3(C=C1CC[C@@H]1[C@@H]2CC[C@]2(C)C(C(=O)CO)=CC[C@@H]12)SCCS3. The van der Waals surface area contributed by atoms with Crippen molar-refractivity contribution < 1.29 is 9.90 Å². The quantitative estimate of drug-likeness (QED) is 0.640. The van der Waals surface area contributed by atoms with Gasteiger partial charge in [0.05, 0.1) is 4.08 Å². The number of aliphatic hydroxyl groups excluding tert-OH is 1. The molecule has 4 aliphatic carbocycles. The van der Waals surface area contributed by atoms with Crippen LogP contribution in [-0.4, -0.2) is 33.1 Å². The first kappa shape index (κ1) is 18.8. The van der Waals surface area contributed by atoms with Crippen LogP contribution < -0.4 is 0 Å². The Morgan fingerprint density at radius 3 is 2.63 bits per heavy atom. The highest BCUT2D eigenvalue weighted by atomic mass is 32.2. The fourth-order valence-electron chi connectivity index (χ4n) is 7.46. The Bertz CT molecular complexity index is 720. The van der Waals surface area contributed by atoms with Gasteiger partial charge >= 0.3 is 0 Å². The number of fused-ring (bicyclic) bond motifs is 5. The minimum atomic E-state index is -0.329. The predicted molar refractivity (Wildman–Crippen MR) is 115 cm³/mol. The van der Waals surface area contributed by atoms with Gasteiger partial charge in [-0.3, -0.25) is 4.79 Å². The third-order valence-electron chi connectivity index (χ3n) is 8.92. The third-order valence-corrected chi connectivity index (χ3v) is 12.3. The highest BCUT2D eigenvalue weighted by molar-refractivity contribution is 8.21. The molecule has 0 radical (unpaired) electrons. The summed E-state index contributed by atoms with van der Waals surface area (Å²) >= 11 is 4.37. The molecule has 27 heavy (non-hydrogen) atoms. The molecule has 5 rings (SSSR count). The van der Waals surface area contributed by atoms with Crippen molar-refractivity contribution >= 4 is 29.3 Å². The summed E-state index contributed by atoms with van der Waals surface area (Å²) < 4.78 is 0.389. The first-order valence-electron chi connectivity index (χ1n) is 10.8. The van der Waals surface area contributed by atoms with E-state index in [0.717, 1.165) is 30.3 Å². The van der Waals surface area contributed by atoms with Crippen molar-refractivity contribution in [2.75, 3.05) is 18.1 Å². The molecule has 4 heteroatoms. The largest absolute Gasteiger partial charge is 0.388 e. The van der Waals surface area contributed by atoms with Gasteiger partial charge in [0.25, 0.3) is 0 Å². The number of thioether (sulfide) groups is 2. The topological polar surface area (TPSA) is 37.3 Å². The lowest BCUT2D eigenvalue weighted by atomic mass is 9.47. The molecule has 1 N–H and O–H groups in total. The number of Topliss-reactive ketones (excluding diaryl/α,β-unsaturated/α-hetero) is 1. The zero-order valence-corrected chi connectivity index (χ0v) is 18.3. The lowest BCUT2D eigenvalue weighted by Gasteiger charge is -2.59. The zero-order chi connectivity index (χ0) is 18.9. The Labute approximate surface area is 172 Å². The summed E-state index contributed by atoms with van der Waals surface area (Å²) in [4.78, 5) is 12.3. The van der Waals surface area contributed by atoms with Crippen LogP contribution in [0, 0.1) is 28.6 Å². The molecule has 1 heterocycles. The van der Waals surface area contributed by atoms with Crippen LogP contribution in [-0.2, 0) is 4.79 Å². The molecule has 0 aromatic carbocycles. The average Bonchev–Trinajstić information content (AvgIpc) is 3.26. The van der Waals surface area contributed by atoms with Gasteiger partial charge in [0.2, 0.25) is 0 Å². The Morgan fingerprint density at radius 2 is 1.89 bits per heavy atom. The minimum absolute atomic E-state index is 0.00556. The second-order valence-corrected chi connectivity index (χ2v) is 13.0. The summed E-state index contributed by atoms with van der Waals surface area (Å²) in [7, 11) is 0. The number of allylic oxidation sites excluding steroid dienone is 2. The van der Waals surface area contributed by atoms with Gasteiger partial charge in [0.15, 0.2) is 5.78 Å². The molecular formula is C23H32O2S2. The average molecular weight is 405 g/mol. The lowest BCUT2D eigenvalue weighted by molar-refractivity contribution is -0.120. The Morgan fingerprint density at radius 1 is 1.11 bits per heavy atom. The van der Waals surface area contributed by atoms with Gasteiger partial charge in [0, 0.05) is 11.5 Å². The summed E-state index contributed by atoms with van der Waals surface area (Å²) in [5.41, 5.74) is 3.09. The van der Waals surface area contributed by atoms with Crippen LogP contribution in [0.3, 0.4) is 0 Å². The van der Waals surface area contributed by atoms with Crippen LogP contribution in [0.4, 0.5) is 0 Å². The van der Waals surface area contributed by atoms with E-state index < -0.39 is 0 Å². The first-order valence-corrected chi connectivity index (χ1v) is 12.7.